The Morgan fingerprint density at radius 3 is 2.53 bits per heavy atom. The van der Waals surface area contributed by atoms with Crippen molar-refractivity contribution >= 4 is 23.1 Å². The number of ketones is 1. The quantitative estimate of drug-likeness (QED) is 0.684. The summed E-state index contributed by atoms with van der Waals surface area (Å²) in [5.41, 5.74) is 7.53. The van der Waals surface area contributed by atoms with Gasteiger partial charge in [-0.3, -0.25) is 4.79 Å². The number of nitrogen functional groups attached to an aromatic ring is 1. The van der Waals surface area contributed by atoms with E-state index in [0.717, 1.165) is 5.56 Å². The molecule has 0 fully saturated rings. The van der Waals surface area contributed by atoms with Crippen LogP contribution in [0.3, 0.4) is 0 Å². The molecule has 0 spiro atoms. The van der Waals surface area contributed by atoms with E-state index >= 15 is 0 Å². The Hall–Kier alpha value is -2.00. The molecule has 0 aliphatic carbocycles. The first kappa shape index (κ1) is 13.4. The molecule has 2 rings (SSSR count). The summed E-state index contributed by atoms with van der Waals surface area (Å²) in [7, 11) is 0. The third kappa shape index (κ3) is 3.26. The molecule has 0 aromatic heterocycles. The van der Waals surface area contributed by atoms with E-state index in [1.807, 2.05) is 30.3 Å². The Kier molecular flexibility index (Phi) is 4.07. The third-order valence-corrected chi connectivity index (χ3v) is 2.99. The Bertz CT molecular complexity index is 573. The van der Waals surface area contributed by atoms with Crippen LogP contribution < -0.4 is 10.5 Å². The predicted octanol–water partition coefficient (Wildman–Crippen LogP) is 3.70. The van der Waals surface area contributed by atoms with E-state index in [2.05, 4.69) is 0 Å². The molecule has 19 heavy (non-hydrogen) atoms. The van der Waals surface area contributed by atoms with Crippen LogP contribution in [0.4, 0.5) is 5.69 Å². The lowest BCUT2D eigenvalue weighted by atomic mass is 10.1. The van der Waals surface area contributed by atoms with Crippen molar-refractivity contribution in [2.75, 3.05) is 5.73 Å². The number of rotatable bonds is 4. The van der Waals surface area contributed by atoms with Crippen molar-refractivity contribution in [2.24, 2.45) is 0 Å². The predicted molar refractivity (Wildman–Crippen MR) is 76.6 cm³/mol. The van der Waals surface area contributed by atoms with Crippen molar-refractivity contribution in [3.63, 3.8) is 0 Å². The molecule has 0 radical (unpaired) electrons. The molecule has 0 amide bonds. The van der Waals surface area contributed by atoms with Gasteiger partial charge in [0.15, 0.2) is 5.78 Å². The van der Waals surface area contributed by atoms with Gasteiger partial charge in [-0.05, 0) is 18.6 Å². The molecule has 0 unspecified atom stereocenters. The number of halogens is 1. The minimum Gasteiger partial charge on any atom is -0.489 e. The highest BCUT2D eigenvalue weighted by molar-refractivity contribution is 6.34. The van der Waals surface area contributed by atoms with E-state index in [9.17, 15) is 4.79 Å². The zero-order valence-electron chi connectivity index (χ0n) is 10.5. The second-order valence-electron chi connectivity index (χ2n) is 4.20. The van der Waals surface area contributed by atoms with Crippen LogP contribution in [-0.2, 0) is 6.61 Å². The van der Waals surface area contributed by atoms with Gasteiger partial charge in [0.2, 0.25) is 0 Å². The number of hydrogen-bond acceptors (Lipinski definition) is 3. The summed E-state index contributed by atoms with van der Waals surface area (Å²) in [5, 5.41) is 0.315. The number of anilines is 1. The van der Waals surface area contributed by atoms with E-state index in [1.165, 1.54) is 6.92 Å². The Balaban J connectivity index is 2.16. The number of benzene rings is 2. The molecule has 0 atom stereocenters. The molecule has 2 aromatic carbocycles. The maximum Gasteiger partial charge on any atom is 0.163 e. The zero-order valence-corrected chi connectivity index (χ0v) is 11.3. The van der Waals surface area contributed by atoms with Crippen molar-refractivity contribution in [1.29, 1.82) is 0 Å². The minimum atomic E-state index is -0.155. The van der Waals surface area contributed by atoms with Gasteiger partial charge in [-0.15, -0.1) is 0 Å². The molecule has 2 aromatic rings. The molecule has 98 valence electrons. The number of carbonyl (C=O) groups excluding carboxylic acids is 1. The normalized spacial score (nSPS) is 10.2. The molecular weight excluding hydrogens is 262 g/mol. The third-order valence-electron chi connectivity index (χ3n) is 2.69. The van der Waals surface area contributed by atoms with Gasteiger partial charge < -0.3 is 10.5 Å². The fourth-order valence-corrected chi connectivity index (χ4v) is 2.15. The maximum absolute atomic E-state index is 11.4. The van der Waals surface area contributed by atoms with E-state index < -0.39 is 0 Å². The number of ether oxygens (including phenoxy) is 1. The maximum atomic E-state index is 11.4. The summed E-state index contributed by atoms with van der Waals surface area (Å²) in [5.74, 6) is 0.397. The molecule has 0 aliphatic rings. The second kappa shape index (κ2) is 5.76. The Morgan fingerprint density at radius 1 is 1.26 bits per heavy atom. The van der Waals surface area contributed by atoms with Gasteiger partial charge in [0.25, 0.3) is 0 Å². The molecule has 4 heteroatoms. The van der Waals surface area contributed by atoms with Crippen LogP contribution in [0.15, 0.2) is 42.5 Å². The van der Waals surface area contributed by atoms with E-state index in [1.54, 1.807) is 12.1 Å². The van der Waals surface area contributed by atoms with Gasteiger partial charge in [-0.25, -0.2) is 0 Å². The highest BCUT2D eigenvalue weighted by atomic mass is 35.5. The standard InChI is InChI=1S/C15H14ClNO2/c1-10(18)15-13(16)7-12(8-14(15)17)19-9-11-5-3-2-4-6-11/h2-8H,9,17H2,1H3. The first-order valence-electron chi connectivity index (χ1n) is 5.84. The van der Waals surface area contributed by atoms with Crippen LogP contribution in [0.2, 0.25) is 5.02 Å². The first-order chi connectivity index (χ1) is 9.08. The molecule has 3 nitrogen and oxygen atoms in total. The van der Waals surface area contributed by atoms with Gasteiger partial charge in [-0.1, -0.05) is 41.9 Å². The zero-order chi connectivity index (χ0) is 13.8. The molecule has 0 bridgehead atoms. The van der Waals surface area contributed by atoms with Crippen LogP contribution >= 0.6 is 11.6 Å². The fraction of sp³-hybridized carbons (Fsp3) is 0.133. The lowest BCUT2D eigenvalue weighted by molar-refractivity contribution is 0.101. The summed E-state index contributed by atoms with van der Waals surface area (Å²) in [6, 6.07) is 13.0. The first-order valence-corrected chi connectivity index (χ1v) is 6.22. The summed E-state index contributed by atoms with van der Waals surface area (Å²) >= 11 is 6.03. The van der Waals surface area contributed by atoms with Crippen molar-refractivity contribution in [3.8, 4) is 5.75 Å². The fourth-order valence-electron chi connectivity index (χ4n) is 1.80. The highest BCUT2D eigenvalue weighted by Gasteiger charge is 2.12. The Morgan fingerprint density at radius 2 is 1.95 bits per heavy atom. The number of Topliss-reactive ketones (excluding diaryl/α,β-unsaturated/α-hetero) is 1. The van der Waals surface area contributed by atoms with E-state index in [4.69, 9.17) is 22.1 Å². The monoisotopic (exact) mass is 275 g/mol. The van der Waals surface area contributed by atoms with Crippen LogP contribution in [-0.4, -0.2) is 5.78 Å². The lowest BCUT2D eigenvalue weighted by Crippen LogP contribution is -2.02. The van der Waals surface area contributed by atoms with Crippen molar-refractivity contribution < 1.29 is 9.53 Å². The van der Waals surface area contributed by atoms with Gasteiger partial charge in [-0.2, -0.15) is 0 Å². The van der Waals surface area contributed by atoms with Crippen LogP contribution in [0.25, 0.3) is 0 Å². The largest absolute Gasteiger partial charge is 0.489 e. The summed E-state index contributed by atoms with van der Waals surface area (Å²) < 4.78 is 5.61. The van der Waals surface area contributed by atoms with Crippen molar-refractivity contribution in [1.82, 2.24) is 0 Å². The SMILES string of the molecule is CC(=O)c1c(N)cc(OCc2ccccc2)cc1Cl. The molecule has 0 saturated heterocycles. The second-order valence-corrected chi connectivity index (χ2v) is 4.61. The average Bonchev–Trinajstić information content (AvgIpc) is 2.36. The Labute approximate surface area is 117 Å². The van der Waals surface area contributed by atoms with Gasteiger partial charge in [0.05, 0.1) is 10.6 Å². The lowest BCUT2D eigenvalue weighted by Gasteiger charge is -2.10. The van der Waals surface area contributed by atoms with Crippen LogP contribution in [0, 0.1) is 0 Å². The smallest absolute Gasteiger partial charge is 0.163 e. The molecule has 0 aliphatic heterocycles. The molecule has 0 saturated carbocycles. The highest BCUT2D eigenvalue weighted by Crippen LogP contribution is 2.29. The molecule has 2 N–H and O–H groups in total. The minimum absolute atomic E-state index is 0.155. The number of carbonyl (C=O) groups is 1. The van der Waals surface area contributed by atoms with Crippen molar-refractivity contribution in [3.05, 3.63) is 58.6 Å². The van der Waals surface area contributed by atoms with Crippen LogP contribution in [0.5, 0.6) is 5.75 Å². The summed E-state index contributed by atoms with van der Waals surface area (Å²) in [6.45, 7) is 1.86. The number of nitrogens with two attached hydrogens (primary N) is 1. The topological polar surface area (TPSA) is 52.3 Å². The van der Waals surface area contributed by atoms with Crippen LogP contribution in [0.1, 0.15) is 22.8 Å². The van der Waals surface area contributed by atoms with Gasteiger partial charge in [0, 0.05) is 11.8 Å². The molecular formula is C15H14ClNO2. The number of hydrogen-bond donors (Lipinski definition) is 1. The summed E-state index contributed by atoms with van der Waals surface area (Å²) in [6.07, 6.45) is 0. The average molecular weight is 276 g/mol. The van der Waals surface area contributed by atoms with E-state index in [0.29, 0.717) is 28.6 Å². The van der Waals surface area contributed by atoms with Gasteiger partial charge in [0.1, 0.15) is 12.4 Å². The summed E-state index contributed by atoms with van der Waals surface area (Å²) in [4.78, 5) is 11.4. The van der Waals surface area contributed by atoms with Gasteiger partial charge >= 0.3 is 0 Å². The van der Waals surface area contributed by atoms with E-state index in [-0.39, 0.29) is 5.78 Å². The van der Waals surface area contributed by atoms with Crippen molar-refractivity contribution in [2.45, 2.75) is 13.5 Å². The molecule has 0 heterocycles.